The topological polar surface area (TPSA) is 84.5 Å². The Bertz CT molecular complexity index is 896. The van der Waals surface area contributed by atoms with E-state index in [1.807, 2.05) is 13.8 Å². The Kier molecular flexibility index (Phi) is 6.79. The van der Waals surface area contributed by atoms with Gasteiger partial charge in [-0.2, -0.15) is 0 Å². The van der Waals surface area contributed by atoms with Gasteiger partial charge in [0.05, 0.1) is 17.7 Å². The molecule has 0 aliphatic heterocycles. The fourth-order valence-electron chi connectivity index (χ4n) is 2.33. The van der Waals surface area contributed by atoms with Gasteiger partial charge in [-0.05, 0) is 54.8 Å². The molecule has 0 saturated carbocycles. The van der Waals surface area contributed by atoms with E-state index in [0.717, 1.165) is 18.6 Å². The summed E-state index contributed by atoms with van der Waals surface area (Å²) in [5.41, 5.74) is 0.616. The lowest BCUT2D eigenvalue weighted by Gasteiger charge is -2.14. The van der Waals surface area contributed by atoms with Crippen LogP contribution < -0.4 is 14.8 Å². The molecule has 2 aromatic rings. The van der Waals surface area contributed by atoms with E-state index in [1.54, 1.807) is 12.1 Å². The van der Waals surface area contributed by atoms with Crippen molar-refractivity contribution in [3.8, 4) is 5.75 Å². The highest BCUT2D eigenvalue weighted by Gasteiger charge is 2.17. The van der Waals surface area contributed by atoms with E-state index in [9.17, 15) is 17.6 Å². The Hall–Kier alpha value is -2.61. The Morgan fingerprint density at radius 1 is 1.15 bits per heavy atom. The lowest BCUT2D eigenvalue weighted by atomic mass is 10.1. The molecule has 0 atom stereocenters. The molecule has 0 radical (unpaired) electrons. The van der Waals surface area contributed by atoms with Gasteiger partial charge in [0.1, 0.15) is 11.6 Å². The third-order valence-corrected chi connectivity index (χ3v) is 5.18. The van der Waals surface area contributed by atoms with Crippen molar-refractivity contribution in [3.05, 3.63) is 48.3 Å². The smallest absolute Gasteiger partial charge is 0.262 e. The van der Waals surface area contributed by atoms with Crippen LogP contribution in [-0.4, -0.2) is 21.4 Å². The zero-order valence-electron chi connectivity index (χ0n) is 15.5. The molecule has 0 spiro atoms. The van der Waals surface area contributed by atoms with E-state index in [1.165, 1.54) is 25.3 Å². The van der Waals surface area contributed by atoms with Gasteiger partial charge in [-0.3, -0.25) is 9.52 Å². The van der Waals surface area contributed by atoms with Crippen LogP contribution in [0.5, 0.6) is 5.75 Å². The largest absolute Gasteiger partial charge is 0.495 e. The molecule has 0 bridgehead atoms. The Morgan fingerprint density at radius 3 is 2.41 bits per heavy atom. The van der Waals surface area contributed by atoms with E-state index in [4.69, 9.17) is 4.74 Å². The Balaban J connectivity index is 2.22. The summed E-state index contributed by atoms with van der Waals surface area (Å²) in [5.74, 6) is 0.0180. The van der Waals surface area contributed by atoms with Crippen molar-refractivity contribution in [3.63, 3.8) is 0 Å². The van der Waals surface area contributed by atoms with Crippen LogP contribution in [0, 0.1) is 11.7 Å². The number of methoxy groups -OCH3 is 1. The van der Waals surface area contributed by atoms with Gasteiger partial charge in [0.25, 0.3) is 10.0 Å². The van der Waals surface area contributed by atoms with Crippen LogP contribution in [0.25, 0.3) is 0 Å². The maximum absolute atomic E-state index is 13.0. The minimum atomic E-state index is -3.94. The van der Waals surface area contributed by atoms with Crippen LogP contribution in [0.1, 0.15) is 26.7 Å². The molecular formula is C19H23FN2O4S. The number of hydrogen-bond donors (Lipinski definition) is 2. The third-order valence-electron chi connectivity index (χ3n) is 3.80. The molecule has 2 aromatic carbocycles. The molecule has 1 amide bonds. The van der Waals surface area contributed by atoms with Gasteiger partial charge in [0.2, 0.25) is 5.91 Å². The Morgan fingerprint density at radius 2 is 1.81 bits per heavy atom. The lowest BCUT2D eigenvalue weighted by Crippen LogP contribution is -2.15. The first kappa shape index (κ1) is 20.7. The second-order valence-corrected chi connectivity index (χ2v) is 8.14. The molecule has 0 fully saturated rings. The molecule has 2 rings (SSSR count). The summed E-state index contributed by atoms with van der Waals surface area (Å²) in [6.45, 7) is 4.06. The third kappa shape index (κ3) is 5.96. The molecule has 8 heteroatoms. The normalized spacial score (nSPS) is 11.3. The Labute approximate surface area is 158 Å². The highest BCUT2D eigenvalue weighted by Crippen LogP contribution is 2.30. The van der Waals surface area contributed by atoms with E-state index in [0.29, 0.717) is 23.8 Å². The zero-order valence-corrected chi connectivity index (χ0v) is 16.3. The number of benzene rings is 2. The highest BCUT2D eigenvalue weighted by molar-refractivity contribution is 7.92. The van der Waals surface area contributed by atoms with Gasteiger partial charge in [0.15, 0.2) is 0 Å². The van der Waals surface area contributed by atoms with Gasteiger partial charge in [-0.25, -0.2) is 12.8 Å². The molecule has 0 aromatic heterocycles. The predicted molar refractivity (Wildman–Crippen MR) is 103 cm³/mol. The number of halogens is 1. The molecule has 0 aliphatic rings. The molecular weight excluding hydrogens is 371 g/mol. The highest BCUT2D eigenvalue weighted by atomic mass is 32.2. The van der Waals surface area contributed by atoms with Crippen molar-refractivity contribution >= 4 is 27.3 Å². The van der Waals surface area contributed by atoms with Crippen molar-refractivity contribution in [1.29, 1.82) is 0 Å². The van der Waals surface area contributed by atoms with E-state index in [-0.39, 0.29) is 16.5 Å². The van der Waals surface area contributed by atoms with Crippen molar-refractivity contribution in [2.45, 2.75) is 31.6 Å². The van der Waals surface area contributed by atoms with Gasteiger partial charge < -0.3 is 10.1 Å². The maximum Gasteiger partial charge on any atom is 0.262 e. The van der Waals surface area contributed by atoms with Gasteiger partial charge in [0, 0.05) is 12.1 Å². The van der Waals surface area contributed by atoms with Gasteiger partial charge >= 0.3 is 0 Å². The number of carbonyl (C=O) groups is 1. The fraction of sp³-hybridized carbons (Fsp3) is 0.316. The number of ether oxygens (including phenoxy) is 1. The minimum Gasteiger partial charge on any atom is -0.495 e. The lowest BCUT2D eigenvalue weighted by molar-refractivity contribution is -0.116. The van der Waals surface area contributed by atoms with Crippen LogP contribution >= 0.6 is 0 Å². The summed E-state index contributed by atoms with van der Waals surface area (Å²) in [5, 5.41) is 2.74. The molecule has 0 unspecified atom stereocenters. The molecule has 6 nitrogen and oxygen atoms in total. The second-order valence-electron chi connectivity index (χ2n) is 6.46. The molecule has 0 aliphatic carbocycles. The van der Waals surface area contributed by atoms with Crippen LogP contribution in [0.4, 0.5) is 15.8 Å². The first-order valence-electron chi connectivity index (χ1n) is 8.47. The minimum absolute atomic E-state index is 0.0858. The first-order chi connectivity index (χ1) is 12.7. The van der Waals surface area contributed by atoms with Crippen LogP contribution in [-0.2, 0) is 14.8 Å². The summed E-state index contributed by atoms with van der Waals surface area (Å²) in [7, 11) is -2.53. The molecule has 0 saturated heterocycles. The SMILES string of the molecule is COc1ccc(NC(=O)CCC(C)C)cc1NS(=O)(=O)c1ccc(F)cc1. The first-order valence-corrected chi connectivity index (χ1v) is 9.96. The average Bonchev–Trinajstić information content (AvgIpc) is 2.60. The summed E-state index contributed by atoms with van der Waals surface area (Å²) in [6.07, 6.45) is 1.13. The van der Waals surface area contributed by atoms with Crippen molar-refractivity contribution in [2.75, 3.05) is 17.1 Å². The van der Waals surface area contributed by atoms with Crippen molar-refractivity contribution < 1.29 is 22.3 Å². The van der Waals surface area contributed by atoms with Crippen LogP contribution in [0.15, 0.2) is 47.4 Å². The molecule has 2 N–H and O–H groups in total. The predicted octanol–water partition coefficient (Wildman–Crippen LogP) is 4.01. The number of sulfonamides is 1. The summed E-state index contributed by atoms with van der Waals surface area (Å²) < 4.78 is 45.7. The van der Waals surface area contributed by atoms with Crippen molar-refractivity contribution in [2.24, 2.45) is 5.92 Å². The summed E-state index contributed by atoms with van der Waals surface area (Å²) in [4.78, 5) is 11.9. The zero-order chi connectivity index (χ0) is 20.0. The summed E-state index contributed by atoms with van der Waals surface area (Å²) in [6, 6.07) is 9.13. The quantitative estimate of drug-likeness (QED) is 0.708. The number of hydrogen-bond acceptors (Lipinski definition) is 4. The van der Waals surface area contributed by atoms with E-state index < -0.39 is 15.8 Å². The standard InChI is InChI=1S/C19H23FN2O4S/c1-13(2)4-11-19(23)21-15-7-10-18(26-3)17(12-15)22-27(24,25)16-8-5-14(20)6-9-16/h5-10,12-13,22H,4,11H2,1-3H3,(H,21,23). The maximum atomic E-state index is 13.0. The van der Waals surface area contributed by atoms with Gasteiger partial charge in [-0.1, -0.05) is 13.8 Å². The fourth-order valence-corrected chi connectivity index (χ4v) is 3.39. The van der Waals surface area contributed by atoms with E-state index in [2.05, 4.69) is 10.0 Å². The number of nitrogens with one attached hydrogen (secondary N) is 2. The average molecular weight is 394 g/mol. The van der Waals surface area contributed by atoms with Crippen LogP contribution in [0.3, 0.4) is 0 Å². The number of carbonyl (C=O) groups excluding carboxylic acids is 1. The summed E-state index contributed by atoms with van der Waals surface area (Å²) >= 11 is 0. The monoisotopic (exact) mass is 394 g/mol. The van der Waals surface area contributed by atoms with Crippen LogP contribution in [0.2, 0.25) is 0 Å². The number of amides is 1. The van der Waals surface area contributed by atoms with Crippen molar-refractivity contribution in [1.82, 2.24) is 0 Å². The van der Waals surface area contributed by atoms with Gasteiger partial charge in [-0.15, -0.1) is 0 Å². The van der Waals surface area contributed by atoms with E-state index >= 15 is 0 Å². The second kappa shape index (κ2) is 8.85. The molecule has 27 heavy (non-hydrogen) atoms. The number of anilines is 2. The number of rotatable bonds is 8. The molecule has 146 valence electrons. The molecule has 0 heterocycles.